The molecule has 0 saturated heterocycles. The molecule has 0 amide bonds. The summed E-state index contributed by atoms with van der Waals surface area (Å²) in [6.45, 7) is 9.47. The fraction of sp³-hybridized carbons (Fsp3) is 0.455. The summed E-state index contributed by atoms with van der Waals surface area (Å²) in [6.07, 6.45) is 0. The van der Waals surface area contributed by atoms with Crippen molar-refractivity contribution in [3.05, 3.63) is 59.2 Å². The fourth-order valence-electron chi connectivity index (χ4n) is 2.91. The number of rotatable bonds is 8. The molecule has 158 valence electrons. The molecule has 0 radical (unpaired) electrons. The van der Waals surface area contributed by atoms with Gasteiger partial charge in [0.05, 0.1) is 8.07 Å². The van der Waals surface area contributed by atoms with Gasteiger partial charge < -0.3 is 14.5 Å². The summed E-state index contributed by atoms with van der Waals surface area (Å²) in [5.74, 6) is 0.833. The Morgan fingerprint density at radius 3 is 2.14 bits per heavy atom. The molecule has 2 aromatic rings. The van der Waals surface area contributed by atoms with Gasteiger partial charge in [0.15, 0.2) is 0 Å². The van der Waals surface area contributed by atoms with Crippen LogP contribution in [0, 0.1) is 6.07 Å². The molecule has 28 heavy (non-hydrogen) atoms. The number of nitrogens with zero attached hydrogens (tertiary/aromatic N) is 2. The Balaban J connectivity index is 0.00000190. The van der Waals surface area contributed by atoms with Crippen molar-refractivity contribution in [2.45, 2.75) is 39.3 Å². The Kier molecular flexibility index (Phi) is 11.0. The van der Waals surface area contributed by atoms with Crippen LogP contribution in [0.25, 0.3) is 0 Å². The van der Waals surface area contributed by atoms with Crippen LogP contribution in [0.4, 0.5) is 0 Å². The Labute approximate surface area is 187 Å². The number of halogens is 1. The van der Waals surface area contributed by atoms with Crippen LogP contribution in [0.5, 0.6) is 5.75 Å². The van der Waals surface area contributed by atoms with Crippen LogP contribution in [-0.2, 0) is 37.9 Å². The van der Waals surface area contributed by atoms with Crippen LogP contribution in [0.15, 0.2) is 36.4 Å². The van der Waals surface area contributed by atoms with Crippen LogP contribution in [0.3, 0.4) is 0 Å². The second-order valence-corrected chi connectivity index (χ2v) is 13.7. The summed E-state index contributed by atoms with van der Waals surface area (Å²) in [6, 6.07) is 16.6. The number of hydrogen-bond donors (Lipinski definition) is 0. The predicted octanol–water partition coefficient (Wildman–Crippen LogP) is 4.42. The quantitative estimate of drug-likeness (QED) is 0.386. The van der Waals surface area contributed by atoms with E-state index >= 15 is 0 Å². The van der Waals surface area contributed by atoms with Gasteiger partial charge in [-0.3, -0.25) is 0 Å². The van der Waals surface area contributed by atoms with Crippen molar-refractivity contribution < 1.29 is 22.9 Å². The first-order valence-corrected chi connectivity index (χ1v) is 14.8. The predicted molar refractivity (Wildman–Crippen MR) is 120 cm³/mol. The first-order valence-electron chi connectivity index (χ1n) is 9.32. The second kappa shape index (κ2) is 12.1. The summed E-state index contributed by atoms with van der Waals surface area (Å²) >= 11 is 2.22. The van der Waals surface area contributed by atoms with Gasteiger partial charge in [-0.05, 0) is 33.8 Å². The van der Waals surface area contributed by atoms with Crippen LogP contribution in [0.2, 0.25) is 19.6 Å². The molecule has 0 aromatic heterocycles. The fourth-order valence-corrected chi connectivity index (χ4v) is 4.13. The molecule has 6 heteroatoms. The summed E-state index contributed by atoms with van der Waals surface area (Å²) in [5, 5.41) is 1.47. The summed E-state index contributed by atoms with van der Waals surface area (Å²) < 4.78 is 6.13. The van der Waals surface area contributed by atoms with Crippen LogP contribution in [-0.4, -0.2) is 46.1 Å². The third-order valence-corrected chi connectivity index (χ3v) is 6.18. The normalized spacial score (nSPS) is 11.4. The van der Waals surface area contributed by atoms with E-state index in [-0.39, 0.29) is 0 Å². The van der Waals surface area contributed by atoms with Crippen LogP contribution >= 0.6 is 9.53 Å². The van der Waals surface area contributed by atoms with E-state index in [1.165, 1.54) is 21.9 Å². The van der Waals surface area contributed by atoms with Crippen molar-refractivity contribution in [3.63, 3.8) is 0 Å². The van der Waals surface area contributed by atoms with Crippen molar-refractivity contribution in [1.29, 1.82) is 0 Å². The maximum absolute atomic E-state index is 6.13. The van der Waals surface area contributed by atoms with E-state index in [0.29, 0.717) is 6.61 Å². The third kappa shape index (κ3) is 9.22. The minimum atomic E-state index is -1.30. The van der Waals surface area contributed by atoms with Gasteiger partial charge in [-0.1, -0.05) is 49.1 Å². The van der Waals surface area contributed by atoms with Gasteiger partial charge in [0.2, 0.25) is 0 Å². The molecule has 0 heterocycles. The van der Waals surface area contributed by atoms with Gasteiger partial charge in [0, 0.05) is 18.8 Å². The van der Waals surface area contributed by atoms with E-state index in [4.69, 9.17) is 4.74 Å². The second-order valence-electron chi connectivity index (χ2n) is 8.59. The molecule has 2 aromatic carbocycles. The van der Waals surface area contributed by atoms with E-state index in [2.05, 4.69) is 128 Å². The Morgan fingerprint density at radius 1 is 0.929 bits per heavy atom. The monoisotopic (exact) mass is 510 g/mol. The van der Waals surface area contributed by atoms with Crippen LogP contribution in [0.1, 0.15) is 16.7 Å². The molecule has 2 rings (SSSR count). The van der Waals surface area contributed by atoms with E-state index < -0.39 is 8.07 Å². The average Bonchev–Trinajstić information content (AvgIpc) is 2.60. The van der Waals surface area contributed by atoms with Crippen molar-refractivity contribution in [1.82, 2.24) is 9.80 Å². The van der Waals surface area contributed by atoms with Gasteiger partial charge in [0.25, 0.3) is 0 Å². The van der Waals surface area contributed by atoms with Gasteiger partial charge in [-0.25, -0.2) is 0 Å². The van der Waals surface area contributed by atoms with Crippen molar-refractivity contribution in [3.8, 4) is 5.75 Å². The third-order valence-electron chi connectivity index (χ3n) is 4.13. The SMILES string of the molecule is CN(C)Cc1[c-]c(OCc2cccc([Si](C)(C)C)c2)cc(CN(C)C)c1.[Cl][Pd+]. The number of benzene rings is 2. The molecule has 0 spiro atoms. The van der Waals surface area contributed by atoms with Crippen LogP contribution < -0.4 is 9.92 Å². The standard InChI is InChI=1S/C22H33N2OSi.ClH.Pd/c1-23(2)15-19-11-20(16-24(3)4)13-21(12-19)25-17-18-9-8-10-22(14-18)26(5,6)7;;/h8-12,14H,15-17H2,1-7H3;1H;/q-1;;+2/p-1. The van der Waals surface area contributed by atoms with Crippen molar-refractivity contribution in [2.24, 2.45) is 0 Å². The Morgan fingerprint density at radius 2 is 1.57 bits per heavy atom. The summed E-state index contributed by atoms with van der Waals surface area (Å²) in [4.78, 5) is 4.34. The molecule has 0 saturated carbocycles. The zero-order valence-corrected chi connectivity index (χ0v) is 21.4. The van der Waals surface area contributed by atoms with E-state index in [1.54, 1.807) is 0 Å². The van der Waals surface area contributed by atoms with E-state index in [0.717, 1.165) is 18.8 Å². The van der Waals surface area contributed by atoms with E-state index in [9.17, 15) is 0 Å². The van der Waals surface area contributed by atoms with E-state index in [1.807, 2.05) is 0 Å². The number of hydrogen-bond acceptors (Lipinski definition) is 3. The first-order chi connectivity index (χ1) is 13.1. The Bertz CT molecular complexity index is 704. The molecule has 3 nitrogen and oxygen atoms in total. The van der Waals surface area contributed by atoms with Crippen molar-refractivity contribution in [2.75, 3.05) is 28.2 Å². The molecule has 0 fully saturated rings. The van der Waals surface area contributed by atoms with Crippen molar-refractivity contribution >= 4 is 22.8 Å². The summed E-state index contributed by atoms with van der Waals surface area (Å²) in [7, 11) is 11.5. The zero-order chi connectivity index (χ0) is 21.3. The molecule has 0 aliphatic rings. The molecule has 0 bridgehead atoms. The molecule has 0 unspecified atom stereocenters. The average molecular weight is 511 g/mol. The molecule has 0 aliphatic heterocycles. The minimum absolute atomic E-state index is 0.585. The Hall–Kier alpha value is -0.671. The number of ether oxygens (including phenoxy) is 1. The molecule has 0 N–H and O–H groups in total. The van der Waals surface area contributed by atoms with Gasteiger partial charge in [-0.15, -0.1) is 23.3 Å². The first kappa shape index (κ1) is 25.4. The molecule has 0 atom stereocenters. The van der Waals surface area contributed by atoms with Gasteiger partial charge in [-0.2, -0.15) is 6.07 Å². The zero-order valence-electron chi connectivity index (χ0n) is 18.1. The van der Waals surface area contributed by atoms with Gasteiger partial charge in [0.1, 0.15) is 6.61 Å². The maximum atomic E-state index is 6.13. The topological polar surface area (TPSA) is 15.7 Å². The van der Waals surface area contributed by atoms with Gasteiger partial charge >= 0.3 is 27.7 Å². The molecular weight excluding hydrogens is 478 g/mol. The summed E-state index contributed by atoms with van der Waals surface area (Å²) in [5.41, 5.74) is 3.65. The molecule has 0 aliphatic carbocycles. The molecular formula is C22H33ClN2OPdSi.